The Labute approximate surface area is 118 Å². The molecule has 17 heavy (non-hydrogen) atoms. The van der Waals surface area contributed by atoms with E-state index in [-0.39, 0.29) is 48.8 Å². The molecule has 5 heteroatoms. The van der Waals surface area contributed by atoms with E-state index in [4.69, 9.17) is 0 Å². The van der Waals surface area contributed by atoms with Crippen LogP contribution in [-0.2, 0) is 6.42 Å². The second-order valence-electron chi connectivity index (χ2n) is 3.28. The van der Waals surface area contributed by atoms with Crippen LogP contribution in [0.25, 0.3) is 10.8 Å². The first kappa shape index (κ1) is 18.7. The van der Waals surface area contributed by atoms with Gasteiger partial charge in [0, 0.05) is 0 Å². The first-order chi connectivity index (χ1) is 6.72. The van der Waals surface area contributed by atoms with Crippen molar-refractivity contribution in [3.05, 3.63) is 41.7 Å². The van der Waals surface area contributed by atoms with Gasteiger partial charge in [-0.25, -0.2) is 4.39 Å². The van der Waals surface area contributed by atoms with Gasteiger partial charge in [-0.15, -0.1) is 37.2 Å². The molecule has 0 fully saturated rings. The number of hydrogen-bond acceptors (Lipinski definition) is 1. The van der Waals surface area contributed by atoms with Gasteiger partial charge in [0.2, 0.25) is 0 Å². The smallest absolute Gasteiger partial charge is 0.127 e. The number of fused-ring (bicyclic) bond motifs is 1. The maximum Gasteiger partial charge on any atom is 0.127 e. The average molecular weight is 300 g/mol. The van der Waals surface area contributed by atoms with Gasteiger partial charge < -0.3 is 5.11 Å². The van der Waals surface area contributed by atoms with Gasteiger partial charge in [-0.05, 0) is 41.0 Å². The predicted octanol–water partition coefficient (Wildman–Crippen LogP) is 4.51. The molecular formula is C12H14Cl3FO. The third-order valence-electron chi connectivity index (χ3n) is 2.41. The zero-order valence-electron chi connectivity index (χ0n) is 9.14. The van der Waals surface area contributed by atoms with Crippen LogP contribution in [0, 0.1) is 5.82 Å². The minimum Gasteiger partial charge on any atom is -0.508 e. The van der Waals surface area contributed by atoms with Crippen LogP contribution in [0.1, 0.15) is 12.5 Å². The lowest BCUT2D eigenvalue weighted by Gasteiger charge is -2.05. The van der Waals surface area contributed by atoms with Gasteiger partial charge >= 0.3 is 0 Å². The number of rotatable bonds is 1. The summed E-state index contributed by atoms with van der Waals surface area (Å²) >= 11 is 0. The Kier molecular flexibility index (Phi) is 8.33. The van der Waals surface area contributed by atoms with Crippen molar-refractivity contribution in [1.82, 2.24) is 0 Å². The number of benzene rings is 2. The van der Waals surface area contributed by atoms with Crippen LogP contribution >= 0.6 is 37.2 Å². The van der Waals surface area contributed by atoms with Crippen molar-refractivity contribution >= 4 is 48.0 Å². The molecule has 0 unspecified atom stereocenters. The van der Waals surface area contributed by atoms with Gasteiger partial charge in [0.05, 0.1) is 0 Å². The molecule has 2 aromatic rings. The van der Waals surface area contributed by atoms with Crippen LogP contribution in [0.5, 0.6) is 5.75 Å². The van der Waals surface area contributed by atoms with Gasteiger partial charge in [-0.3, -0.25) is 0 Å². The molecule has 0 amide bonds. The summed E-state index contributed by atoms with van der Waals surface area (Å²) < 4.78 is 13.4. The Morgan fingerprint density at radius 3 is 2.29 bits per heavy atom. The lowest BCUT2D eigenvalue weighted by atomic mass is 10.0. The summed E-state index contributed by atoms with van der Waals surface area (Å²) in [6.45, 7) is 1.92. The lowest BCUT2D eigenvalue weighted by molar-refractivity contribution is 0.476. The first-order valence-corrected chi connectivity index (χ1v) is 4.62. The number of phenolic OH excluding ortho intramolecular Hbond substituents is 1. The number of halogens is 4. The number of phenols is 1. The van der Waals surface area contributed by atoms with E-state index in [1.807, 2.05) is 6.92 Å². The summed E-state index contributed by atoms with van der Waals surface area (Å²) in [5, 5.41) is 11.0. The maximum absolute atomic E-state index is 13.4. The zero-order valence-corrected chi connectivity index (χ0v) is 11.6. The van der Waals surface area contributed by atoms with E-state index in [2.05, 4.69) is 0 Å². The van der Waals surface area contributed by atoms with Gasteiger partial charge in [0.15, 0.2) is 0 Å². The van der Waals surface area contributed by atoms with E-state index in [1.165, 1.54) is 6.07 Å². The molecule has 1 N–H and O–H groups in total. The molecule has 0 saturated heterocycles. The Balaban J connectivity index is 0. The van der Waals surface area contributed by atoms with Crippen LogP contribution in [0.15, 0.2) is 30.3 Å². The Morgan fingerprint density at radius 2 is 1.71 bits per heavy atom. The third kappa shape index (κ3) is 3.63. The van der Waals surface area contributed by atoms with E-state index >= 15 is 0 Å². The van der Waals surface area contributed by atoms with Crippen LogP contribution in [0.3, 0.4) is 0 Å². The summed E-state index contributed by atoms with van der Waals surface area (Å²) in [6, 6.07) is 8.12. The minimum atomic E-state index is -0.175. The summed E-state index contributed by atoms with van der Waals surface area (Å²) in [4.78, 5) is 0. The van der Waals surface area contributed by atoms with E-state index in [1.54, 1.807) is 24.3 Å². The number of aryl methyl sites for hydroxylation is 1. The molecule has 0 aromatic heterocycles. The van der Waals surface area contributed by atoms with Crippen molar-refractivity contribution in [3.8, 4) is 5.75 Å². The zero-order chi connectivity index (χ0) is 10.1. The van der Waals surface area contributed by atoms with Crippen molar-refractivity contribution in [3.63, 3.8) is 0 Å². The molecule has 0 radical (unpaired) electrons. The standard InChI is InChI=1S/C12H11FO.3ClH/c1-2-10-11-5-4-9(14)7-8(11)3-6-12(10)13;;;/h3-7,14H,2H2,1H3;3*1H. The highest BCUT2D eigenvalue weighted by Crippen LogP contribution is 2.25. The van der Waals surface area contributed by atoms with Crippen molar-refractivity contribution in [2.45, 2.75) is 13.3 Å². The summed E-state index contributed by atoms with van der Waals surface area (Å²) in [6.07, 6.45) is 0.661. The Bertz CT molecular complexity index is 488. The summed E-state index contributed by atoms with van der Waals surface area (Å²) in [7, 11) is 0. The molecule has 0 bridgehead atoms. The fourth-order valence-electron chi connectivity index (χ4n) is 1.71. The molecule has 96 valence electrons. The van der Waals surface area contributed by atoms with E-state index < -0.39 is 0 Å². The minimum absolute atomic E-state index is 0. The highest BCUT2D eigenvalue weighted by molar-refractivity contribution is 5.87. The highest BCUT2D eigenvalue weighted by Gasteiger charge is 2.05. The van der Waals surface area contributed by atoms with E-state index in [9.17, 15) is 9.50 Å². The molecular weight excluding hydrogens is 285 g/mol. The molecule has 0 aliphatic carbocycles. The van der Waals surface area contributed by atoms with Crippen LogP contribution in [0.2, 0.25) is 0 Å². The molecule has 2 aromatic carbocycles. The van der Waals surface area contributed by atoms with Crippen molar-refractivity contribution in [2.24, 2.45) is 0 Å². The SMILES string of the molecule is CCc1c(F)ccc2cc(O)ccc12.Cl.Cl.Cl. The number of aromatic hydroxyl groups is 1. The third-order valence-corrected chi connectivity index (χ3v) is 2.41. The highest BCUT2D eigenvalue weighted by atomic mass is 35.5. The van der Waals surface area contributed by atoms with Crippen molar-refractivity contribution in [2.75, 3.05) is 0 Å². The molecule has 0 heterocycles. The molecule has 0 aliphatic rings. The van der Waals surface area contributed by atoms with Gasteiger partial charge in [-0.1, -0.05) is 19.1 Å². The average Bonchev–Trinajstić information content (AvgIpc) is 2.18. The number of hydrogen-bond donors (Lipinski definition) is 1. The van der Waals surface area contributed by atoms with Gasteiger partial charge in [0.1, 0.15) is 11.6 Å². The topological polar surface area (TPSA) is 20.2 Å². The van der Waals surface area contributed by atoms with Gasteiger partial charge in [0.25, 0.3) is 0 Å². The second-order valence-corrected chi connectivity index (χ2v) is 3.28. The monoisotopic (exact) mass is 298 g/mol. The predicted molar refractivity (Wildman–Crippen MR) is 76.7 cm³/mol. The fourth-order valence-corrected chi connectivity index (χ4v) is 1.71. The molecule has 2 rings (SSSR count). The maximum atomic E-state index is 13.4. The fraction of sp³-hybridized carbons (Fsp3) is 0.167. The molecule has 0 atom stereocenters. The van der Waals surface area contributed by atoms with Crippen LogP contribution < -0.4 is 0 Å². The molecule has 0 spiro atoms. The molecule has 0 saturated carbocycles. The van der Waals surface area contributed by atoms with Gasteiger partial charge in [-0.2, -0.15) is 0 Å². The Morgan fingerprint density at radius 1 is 1.06 bits per heavy atom. The van der Waals surface area contributed by atoms with E-state index in [0.29, 0.717) is 12.0 Å². The second kappa shape index (κ2) is 7.59. The van der Waals surface area contributed by atoms with Crippen molar-refractivity contribution < 1.29 is 9.50 Å². The van der Waals surface area contributed by atoms with Crippen molar-refractivity contribution in [1.29, 1.82) is 0 Å². The molecule has 0 aliphatic heterocycles. The largest absolute Gasteiger partial charge is 0.508 e. The normalized spacial score (nSPS) is 8.82. The first-order valence-electron chi connectivity index (χ1n) is 4.62. The summed E-state index contributed by atoms with van der Waals surface area (Å²) in [5.74, 6) is 0.0388. The van der Waals surface area contributed by atoms with Crippen LogP contribution in [-0.4, -0.2) is 5.11 Å². The molecule has 1 nitrogen and oxygen atoms in total. The summed E-state index contributed by atoms with van der Waals surface area (Å²) in [5.41, 5.74) is 0.711. The quantitative estimate of drug-likeness (QED) is 0.821. The lowest BCUT2D eigenvalue weighted by Crippen LogP contribution is -1.89. The Hall–Kier alpha value is -0.700. The van der Waals surface area contributed by atoms with E-state index in [0.717, 1.165) is 10.8 Å². The van der Waals surface area contributed by atoms with Crippen LogP contribution in [0.4, 0.5) is 4.39 Å².